The monoisotopic (exact) mass is 316 g/mol. The van der Waals surface area contributed by atoms with Crippen LogP contribution in [-0.2, 0) is 19.6 Å². The summed E-state index contributed by atoms with van der Waals surface area (Å²) in [5.74, 6) is -0.493. The molecule has 1 aliphatic carbocycles. The molecule has 0 aromatic carbocycles. The molecule has 1 atom stereocenters. The molecule has 4 nitrogen and oxygen atoms in total. The van der Waals surface area contributed by atoms with E-state index in [1.165, 1.54) is 6.42 Å². The van der Waals surface area contributed by atoms with Gasteiger partial charge in [-0.3, -0.25) is 0 Å². The lowest BCUT2D eigenvalue weighted by Crippen LogP contribution is -2.49. The van der Waals surface area contributed by atoms with Crippen molar-refractivity contribution in [3.63, 3.8) is 0 Å². The van der Waals surface area contributed by atoms with Crippen LogP contribution in [0.1, 0.15) is 93.4 Å². The molecule has 0 radical (unpaired) electrons. The van der Waals surface area contributed by atoms with Gasteiger partial charge in [-0.1, -0.05) is 27.2 Å². The average Bonchev–Trinajstić information content (AvgIpc) is 2.52. The molecule has 1 saturated carbocycles. The molecular formula is C18H36O4. The third-order valence-electron chi connectivity index (χ3n) is 4.96. The molecular weight excluding hydrogens is 280 g/mol. The van der Waals surface area contributed by atoms with Gasteiger partial charge in [0.2, 0.25) is 5.79 Å². The fraction of sp³-hybridized carbons (Fsp3) is 1.00. The van der Waals surface area contributed by atoms with E-state index in [0.717, 1.165) is 38.5 Å². The SMILES string of the molecule is CCC1CCCCC1(OOC(C)(C)CC)OOC(C)(C)CC. The van der Waals surface area contributed by atoms with Crippen LogP contribution in [0.25, 0.3) is 0 Å². The lowest BCUT2D eigenvalue weighted by atomic mass is 9.82. The highest BCUT2D eigenvalue weighted by Gasteiger charge is 2.47. The first-order valence-corrected chi connectivity index (χ1v) is 8.94. The average molecular weight is 316 g/mol. The zero-order valence-corrected chi connectivity index (χ0v) is 15.7. The quantitative estimate of drug-likeness (QED) is 0.317. The number of hydrogen-bond acceptors (Lipinski definition) is 4. The Labute approximate surface area is 136 Å². The Morgan fingerprint density at radius 1 is 0.864 bits per heavy atom. The summed E-state index contributed by atoms with van der Waals surface area (Å²) in [6.45, 7) is 14.5. The minimum Gasteiger partial charge on any atom is -0.228 e. The fourth-order valence-corrected chi connectivity index (χ4v) is 2.42. The van der Waals surface area contributed by atoms with Crippen molar-refractivity contribution in [1.29, 1.82) is 0 Å². The van der Waals surface area contributed by atoms with Crippen LogP contribution in [0.4, 0.5) is 0 Å². The molecule has 4 heteroatoms. The Hall–Kier alpha value is -0.160. The molecule has 0 heterocycles. The van der Waals surface area contributed by atoms with Gasteiger partial charge in [0.25, 0.3) is 0 Å². The van der Waals surface area contributed by atoms with E-state index in [1.54, 1.807) is 0 Å². The first-order valence-electron chi connectivity index (χ1n) is 8.94. The van der Waals surface area contributed by atoms with Crippen LogP contribution < -0.4 is 0 Å². The molecule has 1 rings (SSSR count). The molecule has 0 aromatic heterocycles. The maximum atomic E-state index is 5.92. The zero-order valence-electron chi connectivity index (χ0n) is 15.7. The van der Waals surface area contributed by atoms with Gasteiger partial charge in [-0.25, -0.2) is 9.78 Å². The summed E-state index contributed by atoms with van der Waals surface area (Å²) in [6.07, 6.45) is 6.92. The molecule has 132 valence electrons. The van der Waals surface area contributed by atoms with Crippen molar-refractivity contribution >= 4 is 0 Å². The van der Waals surface area contributed by atoms with Gasteiger partial charge in [0, 0.05) is 12.3 Å². The van der Waals surface area contributed by atoms with Crippen molar-refractivity contribution in [2.75, 3.05) is 0 Å². The standard InChI is InChI=1S/C18H36O4/c1-8-15-13-11-12-14-18(15,21-19-16(4,5)9-2)22-20-17(6,7)10-3/h15H,8-14H2,1-7H3. The maximum Gasteiger partial charge on any atom is 0.236 e. The third-order valence-corrected chi connectivity index (χ3v) is 4.96. The van der Waals surface area contributed by atoms with Gasteiger partial charge in [0.1, 0.15) is 0 Å². The highest BCUT2D eigenvalue weighted by atomic mass is 17.3. The van der Waals surface area contributed by atoms with E-state index in [0.29, 0.717) is 5.92 Å². The van der Waals surface area contributed by atoms with E-state index in [9.17, 15) is 0 Å². The van der Waals surface area contributed by atoms with E-state index in [4.69, 9.17) is 19.6 Å². The Morgan fingerprint density at radius 2 is 1.36 bits per heavy atom. The Kier molecular flexibility index (Phi) is 7.31. The van der Waals surface area contributed by atoms with Crippen LogP contribution in [-0.4, -0.2) is 17.0 Å². The second-order valence-corrected chi connectivity index (χ2v) is 7.72. The van der Waals surface area contributed by atoms with E-state index in [1.807, 2.05) is 27.7 Å². The molecule has 0 spiro atoms. The summed E-state index contributed by atoms with van der Waals surface area (Å²) in [5, 5.41) is 0. The van der Waals surface area contributed by atoms with Gasteiger partial charge < -0.3 is 0 Å². The predicted molar refractivity (Wildman–Crippen MR) is 88.1 cm³/mol. The summed E-state index contributed by atoms with van der Waals surface area (Å²) in [6, 6.07) is 0. The summed E-state index contributed by atoms with van der Waals surface area (Å²) in [4.78, 5) is 23.3. The summed E-state index contributed by atoms with van der Waals surface area (Å²) in [7, 11) is 0. The first-order chi connectivity index (χ1) is 10.2. The fourth-order valence-electron chi connectivity index (χ4n) is 2.42. The molecule has 0 saturated heterocycles. The Morgan fingerprint density at radius 3 is 1.77 bits per heavy atom. The van der Waals surface area contributed by atoms with Crippen LogP contribution in [0.5, 0.6) is 0 Å². The summed E-state index contributed by atoms with van der Waals surface area (Å²) >= 11 is 0. The van der Waals surface area contributed by atoms with Gasteiger partial charge in [-0.2, -0.15) is 9.78 Å². The third kappa shape index (κ3) is 5.48. The van der Waals surface area contributed by atoms with Crippen LogP contribution in [0, 0.1) is 5.92 Å². The minimum absolute atomic E-state index is 0.293. The second-order valence-electron chi connectivity index (χ2n) is 7.72. The Balaban J connectivity index is 2.84. The number of hydrogen-bond donors (Lipinski definition) is 0. The Bertz CT molecular complexity index is 305. The molecule has 0 aliphatic heterocycles. The predicted octanol–water partition coefficient (Wildman–Crippen LogP) is 5.56. The zero-order chi connectivity index (χ0) is 16.9. The maximum absolute atomic E-state index is 5.92. The van der Waals surface area contributed by atoms with Crippen LogP contribution in [0.15, 0.2) is 0 Å². The molecule has 0 aromatic rings. The summed E-state index contributed by atoms with van der Waals surface area (Å²) < 4.78 is 0. The number of rotatable bonds is 9. The van der Waals surface area contributed by atoms with Crippen molar-refractivity contribution < 1.29 is 19.6 Å². The molecule has 0 N–H and O–H groups in total. The van der Waals surface area contributed by atoms with Gasteiger partial charge in [0.05, 0.1) is 11.2 Å². The van der Waals surface area contributed by atoms with Gasteiger partial charge in [0.15, 0.2) is 0 Å². The topological polar surface area (TPSA) is 36.9 Å². The molecule has 0 bridgehead atoms. The van der Waals surface area contributed by atoms with Crippen molar-refractivity contribution in [3.8, 4) is 0 Å². The normalized spacial score (nSPS) is 22.8. The smallest absolute Gasteiger partial charge is 0.228 e. The van der Waals surface area contributed by atoms with E-state index in [2.05, 4.69) is 20.8 Å². The van der Waals surface area contributed by atoms with Crippen molar-refractivity contribution in [2.45, 2.75) is 110 Å². The molecule has 1 aliphatic rings. The van der Waals surface area contributed by atoms with Crippen molar-refractivity contribution in [2.24, 2.45) is 5.92 Å². The second kappa shape index (κ2) is 8.09. The molecule has 1 fully saturated rings. The van der Waals surface area contributed by atoms with Gasteiger partial charge in [-0.05, 0) is 59.8 Å². The van der Waals surface area contributed by atoms with Crippen molar-refractivity contribution in [1.82, 2.24) is 0 Å². The van der Waals surface area contributed by atoms with Crippen LogP contribution in [0.2, 0.25) is 0 Å². The van der Waals surface area contributed by atoms with Crippen LogP contribution in [0.3, 0.4) is 0 Å². The molecule has 1 unspecified atom stereocenters. The summed E-state index contributed by atoms with van der Waals surface area (Å²) in [5.41, 5.74) is -0.654. The van der Waals surface area contributed by atoms with Crippen molar-refractivity contribution in [3.05, 3.63) is 0 Å². The van der Waals surface area contributed by atoms with E-state index in [-0.39, 0.29) is 11.2 Å². The lowest BCUT2D eigenvalue weighted by Gasteiger charge is -2.43. The van der Waals surface area contributed by atoms with E-state index < -0.39 is 5.79 Å². The van der Waals surface area contributed by atoms with Gasteiger partial charge in [-0.15, -0.1) is 0 Å². The van der Waals surface area contributed by atoms with Gasteiger partial charge >= 0.3 is 0 Å². The highest BCUT2D eigenvalue weighted by molar-refractivity contribution is 4.82. The lowest BCUT2D eigenvalue weighted by molar-refractivity contribution is -0.558. The first kappa shape index (κ1) is 19.9. The molecule has 0 amide bonds. The van der Waals surface area contributed by atoms with E-state index >= 15 is 0 Å². The highest BCUT2D eigenvalue weighted by Crippen LogP contribution is 2.42. The van der Waals surface area contributed by atoms with Crippen LogP contribution >= 0.6 is 0 Å². The minimum atomic E-state index is -0.786. The largest absolute Gasteiger partial charge is 0.236 e. The molecule has 22 heavy (non-hydrogen) atoms.